The fraction of sp³-hybridized carbons (Fsp3) is 0.238. The van der Waals surface area contributed by atoms with Gasteiger partial charge >= 0.3 is 0 Å². The second kappa shape index (κ2) is 9.61. The molecule has 162 valence electrons. The van der Waals surface area contributed by atoms with Gasteiger partial charge in [0.1, 0.15) is 11.0 Å². The molecule has 0 aliphatic carbocycles. The van der Waals surface area contributed by atoms with Gasteiger partial charge in [-0.2, -0.15) is 5.10 Å². The molecule has 2 aromatic carbocycles. The molecular weight excluding hydrogens is 423 g/mol. The molecule has 1 heterocycles. The third-order valence-electron chi connectivity index (χ3n) is 4.57. The highest BCUT2D eigenvalue weighted by Gasteiger charge is 2.40. The van der Waals surface area contributed by atoms with Crippen LogP contribution < -0.4 is 20.1 Å². The molecule has 8 nitrogen and oxygen atoms in total. The van der Waals surface area contributed by atoms with Crippen LogP contribution in [0.1, 0.15) is 18.9 Å². The van der Waals surface area contributed by atoms with E-state index in [4.69, 9.17) is 15.2 Å². The summed E-state index contributed by atoms with van der Waals surface area (Å²) in [7, 11) is 2.91. The number of amides is 2. The van der Waals surface area contributed by atoms with E-state index in [2.05, 4.69) is 10.2 Å². The SMILES string of the molecule is COc1ccc(N2C(=O)CC(SC(N)=N/N=C(\C)c3ccc(OC)c(F)c3)C2=O)cc1. The van der Waals surface area contributed by atoms with Crippen LogP contribution >= 0.6 is 11.8 Å². The number of nitrogens with two attached hydrogens (primary N) is 1. The Morgan fingerprint density at radius 3 is 2.45 bits per heavy atom. The number of hydrogen-bond acceptors (Lipinski definition) is 7. The molecule has 2 amide bonds. The smallest absolute Gasteiger partial charge is 0.247 e. The minimum atomic E-state index is -0.702. The average Bonchev–Trinajstić information content (AvgIpc) is 3.04. The minimum Gasteiger partial charge on any atom is -0.497 e. The summed E-state index contributed by atoms with van der Waals surface area (Å²) in [6.07, 6.45) is -0.00185. The Morgan fingerprint density at radius 1 is 1.13 bits per heavy atom. The van der Waals surface area contributed by atoms with Crippen molar-refractivity contribution in [2.24, 2.45) is 15.9 Å². The topological polar surface area (TPSA) is 107 Å². The first kappa shape index (κ1) is 22.3. The van der Waals surface area contributed by atoms with E-state index in [1.165, 1.54) is 26.4 Å². The second-order valence-corrected chi connectivity index (χ2v) is 7.77. The van der Waals surface area contributed by atoms with Crippen molar-refractivity contribution in [1.82, 2.24) is 0 Å². The molecule has 0 aromatic heterocycles. The fourth-order valence-corrected chi connectivity index (χ4v) is 3.75. The Kier molecular flexibility index (Phi) is 6.91. The monoisotopic (exact) mass is 444 g/mol. The summed E-state index contributed by atoms with van der Waals surface area (Å²) in [5.74, 6) is -0.476. The third-order valence-corrected chi connectivity index (χ3v) is 5.54. The van der Waals surface area contributed by atoms with Gasteiger partial charge in [-0.25, -0.2) is 9.29 Å². The van der Waals surface area contributed by atoms with E-state index in [0.717, 1.165) is 16.7 Å². The van der Waals surface area contributed by atoms with Gasteiger partial charge in [-0.3, -0.25) is 9.59 Å². The lowest BCUT2D eigenvalue weighted by molar-refractivity contribution is -0.121. The van der Waals surface area contributed by atoms with Crippen LogP contribution in [0.4, 0.5) is 10.1 Å². The molecule has 31 heavy (non-hydrogen) atoms. The maximum atomic E-state index is 13.9. The standard InChI is InChI=1S/C21H21FN4O4S/c1-12(13-4-9-17(30-3)16(22)10-13)24-25-21(23)31-18-11-19(27)26(20(18)28)14-5-7-15(29-2)8-6-14/h4-10,18H,11H2,1-3H3,(H2,23,25)/b24-12+. The lowest BCUT2D eigenvalue weighted by Gasteiger charge is -2.15. The molecule has 0 radical (unpaired) electrons. The second-order valence-electron chi connectivity index (χ2n) is 6.55. The first-order chi connectivity index (χ1) is 14.8. The molecule has 1 unspecified atom stereocenters. The molecule has 1 aliphatic heterocycles. The fourth-order valence-electron chi connectivity index (χ4n) is 2.94. The molecule has 2 N–H and O–H groups in total. The van der Waals surface area contributed by atoms with E-state index in [1.807, 2.05) is 0 Å². The lowest BCUT2D eigenvalue weighted by Crippen LogP contribution is -2.31. The lowest BCUT2D eigenvalue weighted by atomic mass is 10.1. The van der Waals surface area contributed by atoms with Crippen LogP contribution in [0, 0.1) is 5.82 Å². The summed E-state index contributed by atoms with van der Waals surface area (Å²) in [5, 5.41) is 7.23. The molecule has 0 saturated carbocycles. The van der Waals surface area contributed by atoms with Crippen molar-refractivity contribution < 1.29 is 23.5 Å². The number of methoxy groups -OCH3 is 2. The summed E-state index contributed by atoms with van der Waals surface area (Å²) in [6.45, 7) is 1.65. The number of ether oxygens (including phenoxy) is 2. The van der Waals surface area contributed by atoms with Crippen molar-refractivity contribution >= 4 is 40.1 Å². The summed E-state index contributed by atoms with van der Waals surface area (Å²) in [5.41, 5.74) is 7.30. The van der Waals surface area contributed by atoms with E-state index < -0.39 is 11.1 Å². The molecule has 0 spiro atoms. The van der Waals surface area contributed by atoms with Crippen molar-refractivity contribution in [2.75, 3.05) is 19.1 Å². The van der Waals surface area contributed by atoms with Gasteiger partial charge in [0, 0.05) is 12.0 Å². The van der Waals surface area contributed by atoms with Gasteiger partial charge in [0.05, 0.1) is 25.6 Å². The van der Waals surface area contributed by atoms with Gasteiger partial charge in [-0.1, -0.05) is 11.8 Å². The predicted molar refractivity (Wildman–Crippen MR) is 118 cm³/mol. The van der Waals surface area contributed by atoms with E-state index in [9.17, 15) is 14.0 Å². The average molecular weight is 444 g/mol. The Bertz CT molecular complexity index is 1060. The van der Waals surface area contributed by atoms with Crippen LogP contribution in [0.15, 0.2) is 52.7 Å². The predicted octanol–water partition coefficient (Wildman–Crippen LogP) is 2.95. The number of nitrogens with zero attached hydrogens (tertiary/aromatic N) is 3. The summed E-state index contributed by atoms with van der Waals surface area (Å²) >= 11 is 0.961. The zero-order chi connectivity index (χ0) is 22.5. The summed E-state index contributed by atoms with van der Waals surface area (Å²) < 4.78 is 23.8. The highest BCUT2D eigenvalue weighted by atomic mass is 32.2. The van der Waals surface area contributed by atoms with Crippen molar-refractivity contribution in [3.05, 3.63) is 53.8 Å². The molecule has 1 aliphatic rings. The van der Waals surface area contributed by atoms with Crippen molar-refractivity contribution in [3.63, 3.8) is 0 Å². The number of halogens is 1. The van der Waals surface area contributed by atoms with Crippen molar-refractivity contribution in [3.8, 4) is 11.5 Å². The number of thioether (sulfide) groups is 1. The zero-order valence-corrected chi connectivity index (χ0v) is 18.0. The molecule has 2 aromatic rings. The van der Waals surface area contributed by atoms with Gasteiger partial charge in [-0.15, -0.1) is 5.10 Å². The minimum absolute atomic E-state index is 0.00185. The van der Waals surface area contributed by atoms with Crippen LogP contribution in [0.5, 0.6) is 11.5 Å². The first-order valence-electron chi connectivity index (χ1n) is 9.23. The molecule has 3 rings (SSSR count). The van der Waals surface area contributed by atoms with E-state index in [0.29, 0.717) is 22.7 Å². The zero-order valence-electron chi connectivity index (χ0n) is 17.2. The Labute approximate surface area is 182 Å². The molecule has 1 atom stereocenters. The van der Waals surface area contributed by atoms with Crippen LogP contribution in [-0.2, 0) is 9.59 Å². The Hall–Kier alpha value is -3.40. The largest absolute Gasteiger partial charge is 0.497 e. The highest BCUT2D eigenvalue weighted by Crippen LogP contribution is 2.30. The van der Waals surface area contributed by atoms with E-state index in [1.54, 1.807) is 37.3 Å². The van der Waals surface area contributed by atoms with Crippen molar-refractivity contribution in [1.29, 1.82) is 0 Å². The molecule has 1 saturated heterocycles. The van der Waals surface area contributed by atoms with Gasteiger partial charge < -0.3 is 15.2 Å². The number of hydrogen-bond donors (Lipinski definition) is 1. The summed E-state index contributed by atoms with van der Waals surface area (Å²) in [6, 6.07) is 11.0. The number of anilines is 1. The first-order valence-corrected chi connectivity index (χ1v) is 10.1. The molecule has 1 fully saturated rings. The van der Waals surface area contributed by atoms with Crippen LogP contribution in [0.25, 0.3) is 0 Å². The van der Waals surface area contributed by atoms with Gasteiger partial charge in [0.25, 0.3) is 0 Å². The number of rotatable bonds is 6. The number of benzene rings is 2. The van der Waals surface area contributed by atoms with Crippen LogP contribution in [0.3, 0.4) is 0 Å². The van der Waals surface area contributed by atoms with Crippen LogP contribution in [0.2, 0.25) is 0 Å². The number of carbonyl (C=O) groups is 2. The van der Waals surface area contributed by atoms with Gasteiger partial charge in [-0.05, 0) is 49.4 Å². The molecule has 10 heteroatoms. The molecular formula is C21H21FN4O4S. The third kappa shape index (κ3) is 5.02. The Morgan fingerprint density at radius 2 is 1.84 bits per heavy atom. The maximum absolute atomic E-state index is 13.9. The van der Waals surface area contributed by atoms with Crippen LogP contribution in [-0.4, -0.2) is 42.2 Å². The highest BCUT2D eigenvalue weighted by molar-refractivity contribution is 8.14. The number of amidine groups is 1. The van der Waals surface area contributed by atoms with Gasteiger partial charge in [0.15, 0.2) is 16.7 Å². The van der Waals surface area contributed by atoms with Gasteiger partial charge in [0.2, 0.25) is 11.8 Å². The van der Waals surface area contributed by atoms with E-state index in [-0.39, 0.29) is 29.2 Å². The number of carbonyl (C=O) groups excluding carboxylic acids is 2. The normalized spacial score (nSPS) is 17.3. The quantitative estimate of drug-likeness (QED) is 0.318. The maximum Gasteiger partial charge on any atom is 0.247 e. The Balaban J connectivity index is 1.69. The van der Waals surface area contributed by atoms with Crippen molar-refractivity contribution in [2.45, 2.75) is 18.6 Å². The molecule has 0 bridgehead atoms. The number of imide groups is 1. The van der Waals surface area contributed by atoms with E-state index >= 15 is 0 Å². The summed E-state index contributed by atoms with van der Waals surface area (Å²) in [4.78, 5) is 26.2.